The van der Waals surface area contributed by atoms with Crippen molar-refractivity contribution in [3.05, 3.63) is 0 Å². The smallest absolute Gasteiger partial charge is 0.322 e. The van der Waals surface area contributed by atoms with E-state index in [9.17, 15) is 19.2 Å². The van der Waals surface area contributed by atoms with E-state index in [-0.39, 0.29) is 25.3 Å². The number of hydrogen-bond donors (Lipinski definition) is 5. The van der Waals surface area contributed by atoms with Gasteiger partial charge in [0.05, 0.1) is 0 Å². The van der Waals surface area contributed by atoms with E-state index < -0.39 is 23.9 Å². The Kier molecular flexibility index (Phi) is 13.5. The van der Waals surface area contributed by atoms with E-state index in [2.05, 4.69) is 5.32 Å². The van der Waals surface area contributed by atoms with Gasteiger partial charge < -0.3 is 27.0 Å². The molecule has 2 amide bonds. The minimum absolute atomic E-state index is 0.0213. The number of amides is 2. The summed E-state index contributed by atoms with van der Waals surface area (Å²) in [5.74, 6) is -2.13. The zero-order valence-electron chi connectivity index (χ0n) is 11.7. The van der Waals surface area contributed by atoms with Crippen LogP contribution >= 0.6 is 11.8 Å². The Morgan fingerprint density at radius 3 is 2.14 bits per heavy atom. The van der Waals surface area contributed by atoms with Gasteiger partial charge in [0.15, 0.2) is 0 Å². The first-order valence-corrected chi connectivity index (χ1v) is 7.34. The van der Waals surface area contributed by atoms with Gasteiger partial charge in [-0.25, -0.2) is 0 Å². The lowest BCUT2D eigenvalue weighted by molar-refractivity contribution is -0.139. The van der Waals surface area contributed by atoms with Gasteiger partial charge in [-0.1, -0.05) is 0 Å². The molecule has 0 aliphatic heterocycles. The zero-order valence-corrected chi connectivity index (χ0v) is 12.5. The average molecular weight is 323 g/mol. The molecular formula is C11H21N3O6S. The van der Waals surface area contributed by atoms with Crippen LogP contribution in [0.25, 0.3) is 0 Å². The number of carboxylic acid groups (broad SMARTS) is 2. The number of nitrogens with one attached hydrogen (secondary N) is 1. The van der Waals surface area contributed by atoms with E-state index in [4.69, 9.17) is 21.7 Å². The minimum Gasteiger partial charge on any atom is -0.480 e. The normalized spacial score (nSPS) is 10.8. The van der Waals surface area contributed by atoms with Crippen LogP contribution in [0.1, 0.15) is 19.3 Å². The van der Waals surface area contributed by atoms with Gasteiger partial charge in [0.1, 0.15) is 12.6 Å². The second kappa shape index (κ2) is 13.2. The maximum atomic E-state index is 10.7. The molecule has 1 atom stereocenters. The van der Waals surface area contributed by atoms with Gasteiger partial charge in [0, 0.05) is 18.6 Å². The third-order valence-corrected chi connectivity index (χ3v) is 2.60. The predicted molar refractivity (Wildman–Crippen MR) is 77.7 cm³/mol. The fourth-order valence-corrected chi connectivity index (χ4v) is 1.27. The summed E-state index contributed by atoms with van der Waals surface area (Å²) >= 11 is 1.56. The van der Waals surface area contributed by atoms with E-state index in [0.29, 0.717) is 6.42 Å². The topological polar surface area (TPSA) is 173 Å². The molecule has 0 aromatic carbocycles. The van der Waals surface area contributed by atoms with Crippen LogP contribution in [0, 0.1) is 0 Å². The van der Waals surface area contributed by atoms with Crippen molar-refractivity contribution >= 4 is 35.5 Å². The number of rotatable bonds is 9. The van der Waals surface area contributed by atoms with Crippen LogP contribution in [0.5, 0.6) is 0 Å². The third kappa shape index (κ3) is 18.2. The summed E-state index contributed by atoms with van der Waals surface area (Å²) < 4.78 is 0. The number of carbonyl (C=O) groups excluding carboxylic acids is 2. The van der Waals surface area contributed by atoms with Gasteiger partial charge in [0.2, 0.25) is 11.8 Å². The lowest BCUT2D eigenvalue weighted by Crippen LogP contribution is -2.31. The SMILES string of the molecule is CSCCC(=O)NCC(=O)O.NC(=O)CC[C@H](N)C(=O)O. The summed E-state index contributed by atoms with van der Waals surface area (Å²) in [5.41, 5.74) is 9.81. The maximum Gasteiger partial charge on any atom is 0.322 e. The fourth-order valence-electron chi connectivity index (χ4n) is 0.879. The zero-order chi connectivity index (χ0) is 16.8. The number of aliphatic carboxylic acids is 2. The standard InChI is InChI=1S/C6H11NO3S.C5H10N2O3/c1-11-3-2-5(8)7-4-6(9)10;6-3(5(9)10)1-2-4(7)8/h2-4H2,1H3,(H,7,8)(H,9,10);3H,1-2,6H2,(H2,7,8)(H,9,10)/t;3-/m.0/s1. The Morgan fingerprint density at radius 1 is 1.19 bits per heavy atom. The van der Waals surface area contributed by atoms with Gasteiger partial charge in [0.25, 0.3) is 0 Å². The quantitative estimate of drug-likeness (QED) is 0.344. The van der Waals surface area contributed by atoms with Gasteiger partial charge in [-0.05, 0) is 12.7 Å². The molecule has 0 aromatic rings. The summed E-state index contributed by atoms with van der Waals surface area (Å²) in [6.45, 7) is -0.285. The predicted octanol–water partition coefficient (Wildman–Crippen LogP) is -1.40. The lowest BCUT2D eigenvalue weighted by Gasteiger charge is -2.01. The summed E-state index contributed by atoms with van der Waals surface area (Å²) in [4.78, 5) is 40.8. The molecule has 0 radical (unpaired) electrons. The Morgan fingerprint density at radius 2 is 1.76 bits per heavy atom. The number of carboxylic acids is 2. The van der Waals surface area contributed by atoms with Crippen LogP contribution in [0.3, 0.4) is 0 Å². The largest absolute Gasteiger partial charge is 0.480 e. The number of primary amides is 1. The first kappa shape index (κ1) is 21.5. The molecule has 0 fully saturated rings. The van der Waals surface area contributed by atoms with Crippen LogP contribution < -0.4 is 16.8 Å². The highest BCUT2D eigenvalue weighted by atomic mass is 32.2. The molecule has 0 aromatic heterocycles. The second-order valence-electron chi connectivity index (χ2n) is 3.86. The van der Waals surface area contributed by atoms with E-state index in [1.807, 2.05) is 6.26 Å². The Hall–Kier alpha value is -1.81. The number of thioether (sulfide) groups is 1. The molecule has 0 bridgehead atoms. The molecule has 0 heterocycles. The molecule has 0 rings (SSSR count). The van der Waals surface area contributed by atoms with Crippen molar-refractivity contribution in [1.82, 2.24) is 5.32 Å². The molecule has 0 aliphatic rings. The van der Waals surface area contributed by atoms with Crippen LogP contribution in [0.2, 0.25) is 0 Å². The Labute approximate surface area is 126 Å². The summed E-state index contributed by atoms with van der Waals surface area (Å²) in [6, 6.07) is -0.979. The van der Waals surface area contributed by atoms with Crippen molar-refractivity contribution in [1.29, 1.82) is 0 Å². The number of carbonyl (C=O) groups is 4. The van der Waals surface area contributed by atoms with E-state index in [1.54, 1.807) is 11.8 Å². The van der Waals surface area contributed by atoms with Gasteiger partial charge >= 0.3 is 11.9 Å². The second-order valence-corrected chi connectivity index (χ2v) is 4.85. The molecule has 122 valence electrons. The fraction of sp³-hybridized carbons (Fsp3) is 0.636. The van der Waals surface area contributed by atoms with Crippen molar-refractivity contribution in [3.63, 3.8) is 0 Å². The highest BCUT2D eigenvalue weighted by Crippen LogP contribution is 1.94. The third-order valence-electron chi connectivity index (χ3n) is 1.99. The first-order valence-electron chi connectivity index (χ1n) is 5.94. The molecule has 10 heteroatoms. The molecule has 0 spiro atoms. The van der Waals surface area contributed by atoms with Crippen molar-refractivity contribution in [2.24, 2.45) is 11.5 Å². The van der Waals surface area contributed by atoms with Crippen LogP contribution in [-0.2, 0) is 19.2 Å². The lowest BCUT2D eigenvalue weighted by atomic mass is 10.2. The van der Waals surface area contributed by atoms with Crippen molar-refractivity contribution in [3.8, 4) is 0 Å². The number of nitrogens with two attached hydrogens (primary N) is 2. The van der Waals surface area contributed by atoms with Crippen LogP contribution in [0.4, 0.5) is 0 Å². The molecule has 9 nitrogen and oxygen atoms in total. The molecule has 0 aliphatic carbocycles. The van der Waals surface area contributed by atoms with E-state index in [1.165, 1.54) is 0 Å². The maximum absolute atomic E-state index is 10.7. The monoisotopic (exact) mass is 323 g/mol. The van der Waals surface area contributed by atoms with Crippen LogP contribution in [-0.4, -0.2) is 58.6 Å². The van der Waals surface area contributed by atoms with Gasteiger partial charge in [-0.15, -0.1) is 0 Å². The van der Waals surface area contributed by atoms with E-state index in [0.717, 1.165) is 5.75 Å². The van der Waals surface area contributed by atoms with Crippen molar-refractivity contribution < 1.29 is 29.4 Å². The molecule has 0 unspecified atom stereocenters. The summed E-state index contributed by atoms with van der Waals surface area (Å²) in [5, 5.41) is 18.7. The summed E-state index contributed by atoms with van der Waals surface area (Å²) in [6.07, 6.45) is 2.40. The van der Waals surface area contributed by atoms with E-state index >= 15 is 0 Å². The minimum atomic E-state index is -1.11. The van der Waals surface area contributed by atoms with Gasteiger partial charge in [-0.2, -0.15) is 11.8 Å². The Bertz CT molecular complexity index is 364. The average Bonchev–Trinajstić information content (AvgIpc) is 2.40. The molecule has 0 saturated heterocycles. The first-order chi connectivity index (χ1) is 9.70. The van der Waals surface area contributed by atoms with Crippen molar-refractivity contribution in [2.45, 2.75) is 25.3 Å². The number of hydrogen-bond acceptors (Lipinski definition) is 6. The highest BCUT2D eigenvalue weighted by molar-refractivity contribution is 7.98. The van der Waals surface area contributed by atoms with Crippen LogP contribution in [0.15, 0.2) is 0 Å². The van der Waals surface area contributed by atoms with Gasteiger partial charge in [-0.3, -0.25) is 19.2 Å². The Balaban J connectivity index is 0. The summed E-state index contributed by atoms with van der Waals surface area (Å²) in [7, 11) is 0. The molecule has 0 saturated carbocycles. The molecular weight excluding hydrogens is 302 g/mol. The molecule has 7 N–H and O–H groups in total. The molecule has 21 heavy (non-hydrogen) atoms. The van der Waals surface area contributed by atoms with Crippen molar-refractivity contribution in [2.75, 3.05) is 18.6 Å². The highest BCUT2D eigenvalue weighted by Gasteiger charge is 2.11.